The van der Waals surface area contributed by atoms with Crippen LogP contribution in [0.3, 0.4) is 0 Å². The summed E-state index contributed by atoms with van der Waals surface area (Å²) >= 11 is 1.02. The highest BCUT2D eigenvalue weighted by atomic mass is 32.1. The van der Waals surface area contributed by atoms with Gasteiger partial charge in [0.05, 0.1) is 5.39 Å². The Morgan fingerprint density at radius 3 is 2.92 bits per heavy atom. The van der Waals surface area contributed by atoms with E-state index in [0.717, 1.165) is 27.8 Å². The summed E-state index contributed by atoms with van der Waals surface area (Å²) in [6, 6.07) is 7.98. The predicted molar refractivity (Wildman–Crippen MR) is 99.2 cm³/mol. The first kappa shape index (κ1) is 15.3. The molecule has 6 nitrogen and oxygen atoms in total. The van der Waals surface area contributed by atoms with Crippen LogP contribution in [0.5, 0.6) is 0 Å². The lowest BCUT2D eigenvalue weighted by Crippen LogP contribution is -2.09. The Morgan fingerprint density at radius 1 is 1.28 bits per heavy atom. The molecule has 7 heteroatoms. The summed E-state index contributed by atoms with van der Waals surface area (Å²) in [5.74, 6) is -0.654. The number of fused-ring (bicyclic) bond motifs is 2. The minimum absolute atomic E-state index is 0.145. The Bertz CT molecular complexity index is 1210. The molecule has 0 aliphatic heterocycles. The fraction of sp³-hybridized carbons (Fsp3) is 0.0556. The van der Waals surface area contributed by atoms with Crippen molar-refractivity contribution in [2.75, 3.05) is 0 Å². The monoisotopic (exact) mass is 351 g/mol. The summed E-state index contributed by atoms with van der Waals surface area (Å²) < 4.78 is 0. The third kappa shape index (κ3) is 2.64. The Hall–Kier alpha value is -3.19. The maximum Gasteiger partial charge on any atom is 0.346 e. The molecule has 0 radical (unpaired) electrons. The zero-order valence-electron chi connectivity index (χ0n) is 13.2. The van der Waals surface area contributed by atoms with Gasteiger partial charge in [-0.05, 0) is 41.6 Å². The predicted octanol–water partition coefficient (Wildman–Crippen LogP) is 3.64. The second-order valence-corrected chi connectivity index (χ2v) is 6.65. The fourth-order valence-electron chi connectivity index (χ4n) is 2.79. The number of aromatic nitrogens is 3. The molecule has 4 rings (SSSR count). The maximum atomic E-state index is 12.3. The van der Waals surface area contributed by atoms with E-state index in [1.165, 1.54) is 0 Å². The van der Waals surface area contributed by atoms with Crippen molar-refractivity contribution in [3.63, 3.8) is 0 Å². The standard InChI is InChI=1S/C18H13N3O3S/c1-9-14-16(22)20-13(21-17(14)25-15(9)18(23)24)5-3-10-2-4-11-6-7-19-12(11)8-10/h2-8,19H,1H3,(H,23,24)(H,20,21,22)/b5-3+. The number of rotatable bonds is 3. The van der Waals surface area contributed by atoms with Gasteiger partial charge in [-0.2, -0.15) is 0 Å². The van der Waals surface area contributed by atoms with Crippen LogP contribution in [-0.2, 0) is 0 Å². The largest absolute Gasteiger partial charge is 0.477 e. The molecule has 4 aromatic rings. The zero-order valence-corrected chi connectivity index (χ0v) is 14.0. The van der Waals surface area contributed by atoms with Crippen LogP contribution in [0.4, 0.5) is 0 Å². The fourth-order valence-corrected chi connectivity index (χ4v) is 3.82. The first-order valence-electron chi connectivity index (χ1n) is 7.55. The van der Waals surface area contributed by atoms with Crippen molar-refractivity contribution in [1.29, 1.82) is 0 Å². The molecule has 0 unspecified atom stereocenters. The van der Waals surface area contributed by atoms with Gasteiger partial charge < -0.3 is 15.1 Å². The number of hydrogen-bond donors (Lipinski definition) is 3. The molecule has 0 aliphatic rings. The van der Waals surface area contributed by atoms with E-state index >= 15 is 0 Å². The molecule has 25 heavy (non-hydrogen) atoms. The molecule has 3 N–H and O–H groups in total. The SMILES string of the molecule is Cc1c(C(=O)O)sc2nc(/C=C/c3ccc4cc[nH]c4c3)[nH]c(=O)c12. The quantitative estimate of drug-likeness (QED) is 0.525. The van der Waals surface area contributed by atoms with Gasteiger partial charge in [0.1, 0.15) is 15.5 Å². The highest BCUT2D eigenvalue weighted by Gasteiger charge is 2.18. The summed E-state index contributed by atoms with van der Waals surface area (Å²) in [5.41, 5.74) is 2.12. The third-order valence-corrected chi connectivity index (χ3v) is 5.20. The van der Waals surface area contributed by atoms with Gasteiger partial charge in [-0.3, -0.25) is 4.79 Å². The van der Waals surface area contributed by atoms with Crippen molar-refractivity contribution < 1.29 is 9.90 Å². The van der Waals surface area contributed by atoms with Crippen LogP contribution in [0.25, 0.3) is 33.3 Å². The van der Waals surface area contributed by atoms with Crippen molar-refractivity contribution >= 4 is 50.6 Å². The summed E-state index contributed by atoms with van der Waals surface area (Å²) in [5, 5.41) is 10.7. The number of H-pyrrole nitrogens is 2. The molecule has 0 bridgehead atoms. The Balaban J connectivity index is 1.76. The number of aromatic amines is 2. The number of benzene rings is 1. The molecule has 0 amide bonds. The van der Waals surface area contributed by atoms with E-state index in [9.17, 15) is 14.7 Å². The van der Waals surface area contributed by atoms with Crippen LogP contribution in [0.15, 0.2) is 35.3 Å². The molecule has 3 heterocycles. The zero-order chi connectivity index (χ0) is 17.6. The number of carbonyl (C=O) groups is 1. The summed E-state index contributed by atoms with van der Waals surface area (Å²) in [7, 11) is 0. The molecular weight excluding hydrogens is 338 g/mol. The molecule has 0 aliphatic carbocycles. The minimum atomic E-state index is -1.05. The molecule has 0 saturated heterocycles. The molecule has 0 saturated carbocycles. The number of hydrogen-bond acceptors (Lipinski definition) is 4. The van der Waals surface area contributed by atoms with E-state index in [-0.39, 0.29) is 10.4 Å². The molecular formula is C18H13N3O3S. The number of nitrogens with one attached hydrogen (secondary N) is 2. The molecule has 124 valence electrons. The second-order valence-electron chi connectivity index (χ2n) is 5.65. The molecule has 0 fully saturated rings. The van der Waals surface area contributed by atoms with E-state index in [2.05, 4.69) is 15.0 Å². The van der Waals surface area contributed by atoms with Crippen molar-refractivity contribution in [1.82, 2.24) is 15.0 Å². The van der Waals surface area contributed by atoms with Crippen molar-refractivity contribution in [2.24, 2.45) is 0 Å². The van der Waals surface area contributed by atoms with Crippen molar-refractivity contribution in [3.05, 3.63) is 62.6 Å². The van der Waals surface area contributed by atoms with Crippen LogP contribution in [0.1, 0.15) is 26.6 Å². The minimum Gasteiger partial charge on any atom is -0.477 e. The van der Waals surface area contributed by atoms with E-state index in [0.29, 0.717) is 21.6 Å². The number of carboxylic acids is 1. The first-order valence-corrected chi connectivity index (χ1v) is 8.36. The van der Waals surface area contributed by atoms with Crippen LogP contribution < -0.4 is 5.56 Å². The average molecular weight is 351 g/mol. The van der Waals surface area contributed by atoms with Gasteiger partial charge in [0.2, 0.25) is 0 Å². The lowest BCUT2D eigenvalue weighted by atomic mass is 10.1. The van der Waals surface area contributed by atoms with Crippen LogP contribution in [0, 0.1) is 6.92 Å². The molecule has 3 aromatic heterocycles. The number of aromatic carboxylic acids is 1. The molecule has 1 aromatic carbocycles. The summed E-state index contributed by atoms with van der Waals surface area (Å²) in [6.45, 7) is 1.63. The number of nitrogens with zero attached hydrogens (tertiary/aromatic N) is 1. The number of aryl methyl sites for hydroxylation is 1. The average Bonchev–Trinajstić information content (AvgIpc) is 3.17. The number of carboxylic acid groups (broad SMARTS) is 1. The number of thiophene rings is 1. The van der Waals surface area contributed by atoms with Crippen LogP contribution in [-0.4, -0.2) is 26.0 Å². The van der Waals surface area contributed by atoms with Crippen LogP contribution >= 0.6 is 11.3 Å². The van der Waals surface area contributed by atoms with Gasteiger partial charge in [0, 0.05) is 11.7 Å². The molecule has 0 spiro atoms. The van der Waals surface area contributed by atoms with E-state index in [4.69, 9.17) is 0 Å². The summed E-state index contributed by atoms with van der Waals surface area (Å²) in [4.78, 5) is 34.3. The van der Waals surface area contributed by atoms with Crippen molar-refractivity contribution in [2.45, 2.75) is 6.92 Å². The van der Waals surface area contributed by atoms with Gasteiger partial charge in [0.15, 0.2) is 0 Å². The van der Waals surface area contributed by atoms with E-state index < -0.39 is 5.97 Å². The third-order valence-electron chi connectivity index (χ3n) is 4.03. The maximum absolute atomic E-state index is 12.3. The smallest absolute Gasteiger partial charge is 0.346 e. The van der Waals surface area contributed by atoms with Crippen molar-refractivity contribution in [3.8, 4) is 0 Å². The van der Waals surface area contributed by atoms with E-state index in [1.54, 1.807) is 13.0 Å². The Labute approximate surface area is 145 Å². The van der Waals surface area contributed by atoms with Gasteiger partial charge in [-0.25, -0.2) is 9.78 Å². The highest BCUT2D eigenvalue weighted by Crippen LogP contribution is 2.27. The van der Waals surface area contributed by atoms with Gasteiger partial charge in [0.25, 0.3) is 5.56 Å². The second kappa shape index (κ2) is 5.71. The van der Waals surface area contributed by atoms with Gasteiger partial charge >= 0.3 is 5.97 Å². The summed E-state index contributed by atoms with van der Waals surface area (Å²) in [6.07, 6.45) is 5.44. The van der Waals surface area contributed by atoms with Gasteiger partial charge in [-0.15, -0.1) is 11.3 Å². The van der Waals surface area contributed by atoms with Crippen LogP contribution in [0.2, 0.25) is 0 Å². The topological polar surface area (TPSA) is 98.8 Å². The Kier molecular flexibility index (Phi) is 3.51. The Morgan fingerprint density at radius 2 is 2.12 bits per heavy atom. The normalized spacial score (nSPS) is 11.7. The molecule has 0 atom stereocenters. The lowest BCUT2D eigenvalue weighted by Gasteiger charge is -1.97. The van der Waals surface area contributed by atoms with Gasteiger partial charge in [-0.1, -0.05) is 18.2 Å². The van der Waals surface area contributed by atoms with E-state index in [1.807, 2.05) is 36.5 Å². The first-order chi connectivity index (χ1) is 12.0. The highest BCUT2D eigenvalue weighted by molar-refractivity contribution is 7.20. The lowest BCUT2D eigenvalue weighted by molar-refractivity contribution is 0.0701.